The fourth-order valence-corrected chi connectivity index (χ4v) is 3.07. The number of hydrogen-bond donors (Lipinski definition) is 0. The highest BCUT2D eigenvalue weighted by Gasteiger charge is 2.16. The van der Waals surface area contributed by atoms with Crippen LogP contribution in [0.1, 0.15) is 13.8 Å². The number of hydrogen-bond acceptors (Lipinski definition) is 5. The van der Waals surface area contributed by atoms with Crippen molar-refractivity contribution in [2.24, 2.45) is 0 Å². The van der Waals surface area contributed by atoms with Gasteiger partial charge in [0.2, 0.25) is 0 Å². The molecule has 0 aliphatic heterocycles. The molecule has 0 spiro atoms. The normalized spacial score (nSPS) is 12.3. The number of rotatable bonds is 6. The Bertz CT molecular complexity index is 907. The molecule has 0 radical (unpaired) electrons. The molecule has 1 atom stereocenters. The van der Waals surface area contributed by atoms with Crippen LogP contribution in [0.15, 0.2) is 42.5 Å². The van der Waals surface area contributed by atoms with Gasteiger partial charge in [-0.25, -0.2) is 4.21 Å². The molecule has 3 aromatic carbocycles. The van der Waals surface area contributed by atoms with Crippen molar-refractivity contribution >= 4 is 32.9 Å². The summed E-state index contributed by atoms with van der Waals surface area (Å²) in [5.74, 6) is 1.67. The van der Waals surface area contributed by atoms with Crippen LogP contribution in [0.4, 0.5) is 0 Å². The average Bonchev–Trinajstić information content (AvgIpc) is 2.57. The van der Waals surface area contributed by atoms with Crippen LogP contribution in [0.25, 0.3) is 21.5 Å². The first-order valence-corrected chi connectivity index (χ1v) is 8.67. The Morgan fingerprint density at radius 3 is 1.96 bits per heavy atom. The first kappa shape index (κ1) is 16.5. The molecule has 0 heterocycles. The highest BCUT2D eigenvalue weighted by Crippen LogP contribution is 2.43. The van der Waals surface area contributed by atoms with Crippen LogP contribution in [0.3, 0.4) is 0 Å². The van der Waals surface area contributed by atoms with Crippen LogP contribution in [0.2, 0.25) is 0 Å². The SMILES string of the molecule is CCOc1c2ccccc2c(OCC)c2cc(OS(=O)[O-])ccc12. The highest BCUT2D eigenvalue weighted by atomic mass is 32.2. The van der Waals surface area contributed by atoms with E-state index >= 15 is 0 Å². The molecule has 5 nitrogen and oxygen atoms in total. The van der Waals surface area contributed by atoms with E-state index in [1.165, 1.54) is 0 Å². The van der Waals surface area contributed by atoms with E-state index in [2.05, 4.69) is 0 Å². The molecule has 0 fully saturated rings. The molecule has 1 unspecified atom stereocenters. The van der Waals surface area contributed by atoms with Crippen molar-refractivity contribution in [3.8, 4) is 17.2 Å². The van der Waals surface area contributed by atoms with Gasteiger partial charge in [-0.2, -0.15) is 0 Å². The van der Waals surface area contributed by atoms with Crippen LogP contribution in [-0.2, 0) is 11.4 Å². The maximum atomic E-state index is 10.8. The molecule has 0 saturated heterocycles. The third kappa shape index (κ3) is 3.02. The molecule has 3 aromatic rings. The van der Waals surface area contributed by atoms with E-state index in [1.54, 1.807) is 18.2 Å². The monoisotopic (exact) mass is 345 g/mol. The predicted octanol–water partition coefficient (Wildman–Crippen LogP) is 3.96. The molecule has 126 valence electrons. The maximum absolute atomic E-state index is 10.8. The minimum atomic E-state index is -2.63. The zero-order valence-corrected chi connectivity index (χ0v) is 14.2. The lowest BCUT2D eigenvalue weighted by molar-refractivity contribution is 0.342. The molecule has 0 aliphatic rings. The fraction of sp³-hybridized carbons (Fsp3) is 0.222. The Balaban J connectivity index is 2.38. The molecular weight excluding hydrogens is 328 g/mol. The van der Waals surface area contributed by atoms with Crippen molar-refractivity contribution < 1.29 is 22.4 Å². The van der Waals surface area contributed by atoms with Gasteiger partial charge in [-0.15, -0.1) is 0 Å². The summed E-state index contributed by atoms with van der Waals surface area (Å²) in [6, 6.07) is 12.9. The molecular formula is C18H17O5S-. The summed E-state index contributed by atoms with van der Waals surface area (Å²) in [5, 5.41) is 3.47. The van der Waals surface area contributed by atoms with E-state index in [0.29, 0.717) is 19.0 Å². The maximum Gasteiger partial charge on any atom is 0.139 e. The van der Waals surface area contributed by atoms with Crippen LogP contribution in [-0.4, -0.2) is 22.0 Å². The smallest absolute Gasteiger partial charge is 0.139 e. The van der Waals surface area contributed by atoms with E-state index in [9.17, 15) is 8.76 Å². The van der Waals surface area contributed by atoms with Gasteiger partial charge in [0.05, 0.1) is 13.2 Å². The quantitative estimate of drug-likeness (QED) is 0.499. The lowest BCUT2D eigenvalue weighted by atomic mass is 10.0. The van der Waals surface area contributed by atoms with Gasteiger partial charge in [0.15, 0.2) is 0 Å². The molecule has 0 bridgehead atoms. The minimum Gasteiger partial charge on any atom is -0.740 e. The Morgan fingerprint density at radius 2 is 1.42 bits per heavy atom. The number of fused-ring (bicyclic) bond motifs is 2. The summed E-state index contributed by atoms with van der Waals surface area (Å²) in [5.41, 5.74) is 0. The molecule has 3 rings (SSSR count). The molecule has 0 aromatic heterocycles. The van der Waals surface area contributed by atoms with E-state index in [-0.39, 0.29) is 5.75 Å². The van der Waals surface area contributed by atoms with Crippen molar-refractivity contribution in [2.75, 3.05) is 13.2 Å². The summed E-state index contributed by atoms with van der Waals surface area (Å²) in [6.45, 7) is 4.85. The van der Waals surface area contributed by atoms with E-state index in [4.69, 9.17) is 13.7 Å². The predicted molar refractivity (Wildman–Crippen MR) is 93.3 cm³/mol. The van der Waals surface area contributed by atoms with Gasteiger partial charge in [0, 0.05) is 21.5 Å². The minimum absolute atomic E-state index is 0.231. The van der Waals surface area contributed by atoms with E-state index in [0.717, 1.165) is 27.3 Å². The zero-order chi connectivity index (χ0) is 17.1. The van der Waals surface area contributed by atoms with Crippen LogP contribution in [0, 0.1) is 0 Å². The van der Waals surface area contributed by atoms with Gasteiger partial charge in [-0.3, -0.25) is 0 Å². The largest absolute Gasteiger partial charge is 0.740 e. The lowest BCUT2D eigenvalue weighted by Gasteiger charge is -2.17. The van der Waals surface area contributed by atoms with Gasteiger partial charge in [0.25, 0.3) is 0 Å². The van der Waals surface area contributed by atoms with Crippen molar-refractivity contribution in [1.82, 2.24) is 0 Å². The summed E-state index contributed by atoms with van der Waals surface area (Å²) >= 11 is -2.63. The standard InChI is InChI=1S/C18H18O5S/c1-3-21-17-13-7-5-6-8-14(13)18(22-4-2)16-11-12(23-24(19)20)9-10-15(16)17/h5-11H,3-4H2,1-2H3,(H,19,20)/p-1. The van der Waals surface area contributed by atoms with Crippen LogP contribution < -0.4 is 13.7 Å². The van der Waals surface area contributed by atoms with Gasteiger partial charge < -0.3 is 18.2 Å². The van der Waals surface area contributed by atoms with Crippen LogP contribution in [0.5, 0.6) is 17.2 Å². The molecule has 0 aliphatic carbocycles. The molecule has 6 heteroatoms. The third-order valence-electron chi connectivity index (χ3n) is 3.64. The van der Waals surface area contributed by atoms with Crippen molar-refractivity contribution in [2.45, 2.75) is 13.8 Å². The Morgan fingerprint density at radius 1 is 0.875 bits per heavy atom. The average molecular weight is 345 g/mol. The zero-order valence-electron chi connectivity index (χ0n) is 13.4. The first-order valence-electron chi connectivity index (χ1n) is 7.67. The molecule has 0 amide bonds. The van der Waals surface area contributed by atoms with Crippen molar-refractivity contribution in [3.63, 3.8) is 0 Å². The Hall–Kier alpha value is -2.31. The second-order valence-corrected chi connectivity index (χ2v) is 5.64. The number of benzene rings is 3. The van der Waals surface area contributed by atoms with E-state index in [1.807, 2.05) is 38.1 Å². The summed E-state index contributed by atoms with van der Waals surface area (Å²) in [7, 11) is 0. The topological polar surface area (TPSA) is 67.8 Å². The Kier molecular flexibility index (Phi) is 4.87. The van der Waals surface area contributed by atoms with Gasteiger partial charge in [0.1, 0.15) is 28.6 Å². The molecule has 0 N–H and O–H groups in total. The second kappa shape index (κ2) is 7.07. The van der Waals surface area contributed by atoms with Gasteiger partial charge in [-0.05, 0) is 32.0 Å². The first-order chi connectivity index (χ1) is 11.7. The highest BCUT2D eigenvalue weighted by molar-refractivity contribution is 7.74. The van der Waals surface area contributed by atoms with Crippen LogP contribution >= 0.6 is 0 Å². The lowest BCUT2D eigenvalue weighted by Crippen LogP contribution is -2.00. The summed E-state index contributed by atoms with van der Waals surface area (Å²) in [4.78, 5) is 0. The molecule has 0 saturated carbocycles. The summed E-state index contributed by atoms with van der Waals surface area (Å²) < 4.78 is 38.2. The second-order valence-electron chi connectivity index (χ2n) is 5.06. The molecule has 24 heavy (non-hydrogen) atoms. The fourth-order valence-electron chi connectivity index (χ4n) is 2.81. The van der Waals surface area contributed by atoms with Gasteiger partial charge in [-0.1, -0.05) is 24.3 Å². The van der Waals surface area contributed by atoms with E-state index < -0.39 is 11.4 Å². The van der Waals surface area contributed by atoms with Crippen molar-refractivity contribution in [1.29, 1.82) is 0 Å². The third-order valence-corrected chi connectivity index (χ3v) is 3.97. The summed E-state index contributed by atoms with van der Waals surface area (Å²) in [6.07, 6.45) is 0. The van der Waals surface area contributed by atoms with Gasteiger partial charge >= 0.3 is 0 Å². The number of ether oxygens (including phenoxy) is 2. The Labute approximate surface area is 142 Å². The van der Waals surface area contributed by atoms with Crippen molar-refractivity contribution in [3.05, 3.63) is 42.5 Å².